The summed E-state index contributed by atoms with van der Waals surface area (Å²) in [5, 5.41) is 5.64. The van der Waals surface area contributed by atoms with Crippen LogP contribution in [0.2, 0.25) is 0 Å². The van der Waals surface area contributed by atoms with Gasteiger partial charge in [-0.15, -0.1) is 11.3 Å². The van der Waals surface area contributed by atoms with Gasteiger partial charge in [0.2, 0.25) is 5.91 Å². The molecule has 1 aliphatic heterocycles. The van der Waals surface area contributed by atoms with Crippen LogP contribution >= 0.6 is 11.3 Å². The van der Waals surface area contributed by atoms with Crippen molar-refractivity contribution in [2.75, 3.05) is 0 Å². The molecule has 2 fully saturated rings. The Balaban J connectivity index is 1.82. The number of thiophene rings is 1. The Morgan fingerprint density at radius 1 is 1.35 bits per heavy atom. The second-order valence-corrected chi connectivity index (χ2v) is 7.18. The standard InChI is InChI=1S/C16H24N2OS/c1-3-13-16(19)18(12-8-6-11(2)7-9-12)15(17-13)14-5-4-10-20-14/h4-5,10-13,15,17H,3,6-9H2,1-2H3. The summed E-state index contributed by atoms with van der Waals surface area (Å²) in [6.45, 7) is 4.42. The zero-order valence-corrected chi connectivity index (χ0v) is 13.2. The van der Waals surface area contributed by atoms with Crippen LogP contribution in [0.15, 0.2) is 17.5 Å². The van der Waals surface area contributed by atoms with Gasteiger partial charge in [0.15, 0.2) is 0 Å². The van der Waals surface area contributed by atoms with Crippen LogP contribution in [0.3, 0.4) is 0 Å². The highest BCUT2D eigenvalue weighted by molar-refractivity contribution is 7.10. The zero-order valence-electron chi connectivity index (χ0n) is 12.3. The number of hydrogen-bond acceptors (Lipinski definition) is 3. The lowest BCUT2D eigenvalue weighted by Gasteiger charge is -2.36. The van der Waals surface area contributed by atoms with Crippen molar-refractivity contribution < 1.29 is 4.79 Å². The van der Waals surface area contributed by atoms with E-state index in [-0.39, 0.29) is 12.2 Å². The Bertz CT molecular complexity index is 451. The van der Waals surface area contributed by atoms with Gasteiger partial charge < -0.3 is 4.90 Å². The van der Waals surface area contributed by atoms with Crippen molar-refractivity contribution in [1.82, 2.24) is 10.2 Å². The van der Waals surface area contributed by atoms with Crippen LogP contribution in [0.5, 0.6) is 0 Å². The van der Waals surface area contributed by atoms with E-state index in [4.69, 9.17) is 0 Å². The van der Waals surface area contributed by atoms with Gasteiger partial charge in [-0.05, 0) is 49.5 Å². The van der Waals surface area contributed by atoms with E-state index in [9.17, 15) is 4.79 Å². The second kappa shape index (κ2) is 5.86. The third-order valence-electron chi connectivity index (χ3n) is 4.79. The minimum absolute atomic E-state index is 0.00134. The summed E-state index contributed by atoms with van der Waals surface area (Å²) in [7, 11) is 0. The number of hydrogen-bond donors (Lipinski definition) is 1. The van der Waals surface area contributed by atoms with Crippen LogP contribution in [-0.2, 0) is 4.79 Å². The van der Waals surface area contributed by atoms with Crippen LogP contribution in [0.4, 0.5) is 0 Å². The van der Waals surface area contributed by atoms with E-state index >= 15 is 0 Å². The molecule has 2 aliphatic rings. The molecule has 3 nitrogen and oxygen atoms in total. The molecule has 1 aromatic rings. The molecule has 20 heavy (non-hydrogen) atoms. The average molecular weight is 292 g/mol. The van der Waals surface area contributed by atoms with Crippen molar-refractivity contribution in [2.45, 2.75) is 64.2 Å². The number of nitrogens with zero attached hydrogens (tertiary/aromatic N) is 1. The fourth-order valence-corrected chi connectivity index (χ4v) is 4.30. The SMILES string of the molecule is CCC1NC(c2cccs2)N(C2CCC(C)CC2)C1=O. The van der Waals surface area contributed by atoms with E-state index in [0.29, 0.717) is 11.9 Å². The van der Waals surface area contributed by atoms with Gasteiger partial charge in [0.25, 0.3) is 0 Å². The summed E-state index contributed by atoms with van der Waals surface area (Å²) in [6, 6.07) is 4.65. The molecule has 3 rings (SSSR count). The van der Waals surface area contributed by atoms with Gasteiger partial charge in [0.05, 0.1) is 6.04 Å². The van der Waals surface area contributed by atoms with Gasteiger partial charge in [0, 0.05) is 10.9 Å². The lowest BCUT2D eigenvalue weighted by Crippen LogP contribution is -2.41. The normalized spacial score (nSPS) is 34.7. The summed E-state index contributed by atoms with van der Waals surface area (Å²) in [6.07, 6.45) is 5.80. The molecule has 1 aromatic heterocycles. The monoisotopic (exact) mass is 292 g/mol. The molecule has 0 bridgehead atoms. The van der Waals surface area contributed by atoms with E-state index in [1.165, 1.54) is 17.7 Å². The first kappa shape index (κ1) is 14.1. The zero-order chi connectivity index (χ0) is 14.1. The first-order valence-corrected chi connectivity index (χ1v) is 8.70. The number of amides is 1. The molecule has 0 spiro atoms. The average Bonchev–Trinajstić information content (AvgIpc) is 3.07. The first-order chi connectivity index (χ1) is 9.70. The van der Waals surface area contributed by atoms with Crippen LogP contribution in [0.25, 0.3) is 0 Å². The van der Waals surface area contributed by atoms with Crippen LogP contribution in [0, 0.1) is 5.92 Å². The number of carbonyl (C=O) groups is 1. The Morgan fingerprint density at radius 2 is 2.10 bits per heavy atom. The fraction of sp³-hybridized carbons (Fsp3) is 0.688. The van der Waals surface area contributed by atoms with Gasteiger partial charge in [-0.3, -0.25) is 10.1 Å². The van der Waals surface area contributed by atoms with Gasteiger partial charge in [0.1, 0.15) is 6.17 Å². The maximum absolute atomic E-state index is 12.7. The van der Waals surface area contributed by atoms with E-state index < -0.39 is 0 Å². The molecule has 1 N–H and O–H groups in total. The molecule has 1 amide bonds. The maximum Gasteiger partial charge on any atom is 0.241 e. The Hall–Kier alpha value is -0.870. The molecular weight excluding hydrogens is 268 g/mol. The highest BCUT2D eigenvalue weighted by Gasteiger charge is 2.43. The van der Waals surface area contributed by atoms with E-state index in [2.05, 4.69) is 41.6 Å². The molecule has 4 heteroatoms. The van der Waals surface area contributed by atoms with Crippen molar-refractivity contribution in [2.24, 2.45) is 5.92 Å². The lowest BCUT2D eigenvalue weighted by molar-refractivity contribution is -0.133. The molecule has 0 radical (unpaired) electrons. The topological polar surface area (TPSA) is 32.3 Å². The highest BCUT2D eigenvalue weighted by Crippen LogP contribution is 2.36. The van der Waals surface area contributed by atoms with Gasteiger partial charge in [-0.25, -0.2) is 0 Å². The number of nitrogens with one attached hydrogen (secondary N) is 1. The van der Waals surface area contributed by atoms with Gasteiger partial charge in [-0.2, -0.15) is 0 Å². The van der Waals surface area contributed by atoms with Crippen molar-refractivity contribution in [1.29, 1.82) is 0 Å². The molecule has 110 valence electrons. The second-order valence-electron chi connectivity index (χ2n) is 6.20. The third kappa shape index (κ3) is 2.51. The molecule has 1 saturated carbocycles. The number of carbonyl (C=O) groups excluding carboxylic acids is 1. The molecule has 1 saturated heterocycles. The van der Waals surface area contributed by atoms with Crippen molar-refractivity contribution in [3.63, 3.8) is 0 Å². The smallest absolute Gasteiger partial charge is 0.241 e. The first-order valence-electron chi connectivity index (χ1n) is 7.82. The van der Waals surface area contributed by atoms with Crippen LogP contribution < -0.4 is 5.32 Å². The quantitative estimate of drug-likeness (QED) is 0.924. The summed E-state index contributed by atoms with van der Waals surface area (Å²) in [4.78, 5) is 16.1. The predicted octanol–water partition coefficient (Wildman–Crippen LogP) is 3.54. The van der Waals surface area contributed by atoms with E-state index in [1.54, 1.807) is 11.3 Å². The number of rotatable bonds is 3. The predicted molar refractivity (Wildman–Crippen MR) is 82.5 cm³/mol. The third-order valence-corrected chi connectivity index (χ3v) is 5.71. The minimum Gasteiger partial charge on any atom is -0.318 e. The van der Waals surface area contributed by atoms with Crippen molar-refractivity contribution in [3.8, 4) is 0 Å². The largest absolute Gasteiger partial charge is 0.318 e. The Morgan fingerprint density at radius 3 is 2.70 bits per heavy atom. The van der Waals surface area contributed by atoms with Gasteiger partial charge >= 0.3 is 0 Å². The molecule has 0 aromatic carbocycles. The minimum atomic E-state index is 0.00134. The molecule has 2 heterocycles. The van der Waals surface area contributed by atoms with Crippen LogP contribution in [0.1, 0.15) is 57.0 Å². The molecule has 1 aliphatic carbocycles. The summed E-state index contributed by atoms with van der Waals surface area (Å²) < 4.78 is 0. The Labute approximate surface area is 125 Å². The summed E-state index contributed by atoms with van der Waals surface area (Å²) in [5.74, 6) is 1.13. The molecule has 2 unspecified atom stereocenters. The fourth-order valence-electron chi connectivity index (χ4n) is 3.52. The van der Waals surface area contributed by atoms with Crippen LogP contribution in [-0.4, -0.2) is 22.9 Å². The van der Waals surface area contributed by atoms with Gasteiger partial charge in [-0.1, -0.05) is 19.9 Å². The van der Waals surface area contributed by atoms with E-state index in [1.807, 2.05) is 0 Å². The summed E-state index contributed by atoms with van der Waals surface area (Å²) >= 11 is 1.75. The van der Waals surface area contributed by atoms with E-state index in [0.717, 1.165) is 25.2 Å². The Kier molecular flexibility index (Phi) is 4.13. The van der Waals surface area contributed by atoms with Crippen molar-refractivity contribution >= 4 is 17.2 Å². The van der Waals surface area contributed by atoms with Crippen molar-refractivity contribution in [3.05, 3.63) is 22.4 Å². The molecular formula is C16H24N2OS. The lowest BCUT2D eigenvalue weighted by atomic mass is 9.86. The summed E-state index contributed by atoms with van der Waals surface area (Å²) in [5.41, 5.74) is 0. The highest BCUT2D eigenvalue weighted by atomic mass is 32.1. The maximum atomic E-state index is 12.7. The molecule has 2 atom stereocenters.